The van der Waals surface area contributed by atoms with Gasteiger partial charge in [-0.15, -0.1) is 12.4 Å². The Kier molecular flexibility index (Phi) is 4.88. The molecule has 2 aromatic rings. The number of hydrogen-bond acceptors (Lipinski definition) is 3. The van der Waals surface area contributed by atoms with Gasteiger partial charge in [-0.3, -0.25) is 0 Å². The fraction of sp³-hybridized carbons (Fsp3) is 0.333. The predicted molar refractivity (Wildman–Crippen MR) is 88.1 cm³/mol. The first-order valence-electron chi connectivity index (χ1n) is 6.80. The first kappa shape index (κ1) is 16.2. The van der Waals surface area contributed by atoms with Crippen molar-refractivity contribution < 1.29 is 8.42 Å². The second-order valence-corrected chi connectivity index (χ2v) is 7.25. The molecule has 0 aromatic heterocycles. The standard InChI is InChI=1S/C15H18N2O2S.ClH/c16-10-15(17-20(18,19)14-7-8-14)13-6-5-11-3-1-2-4-12(11)9-13;/h1-6,9,14-15,17H,7-8,10,16H2;1H. The van der Waals surface area contributed by atoms with E-state index in [9.17, 15) is 8.42 Å². The maximum absolute atomic E-state index is 12.0. The third-order valence-corrected chi connectivity index (χ3v) is 5.64. The topological polar surface area (TPSA) is 72.2 Å². The molecular formula is C15H19ClN2O2S. The van der Waals surface area contributed by atoms with Crippen LogP contribution in [0.1, 0.15) is 24.4 Å². The van der Waals surface area contributed by atoms with Crippen molar-refractivity contribution >= 4 is 33.2 Å². The Bertz CT molecular complexity index is 729. The summed E-state index contributed by atoms with van der Waals surface area (Å²) in [4.78, 5) is 0. The van der Waals surface area contributed by atoms with Crippen molar-refractivity contribution in [2.45, 2.75) is 24.1 Å². The van der Waals surface area contributed by atoms with Gasteiger partial charge in [0.05, 0.1) is 11.3 Å². The third-order valence-electron chi connectivity index (χ3n) is 3.68. The fourth-order valence-corrected chi connectivity index (χ4v) is 3.93. The van der Waals surface area contributed by atoms with Gasteiger partial charge >= 0.3 is 0 Å². The molecule has 21 heavy (non-hydrogen) atoms. The molecule has 0 spiro atoms. The number of fused-ring (bicyclic) bond motifs is 1. The molecule has 1 aliphatic rings. The molecule has 114 valence electrons. The van der Waals surface area contributed by atoms with E-state index in [-0.39, 0.29) is 30.2 Å². The van der Waals surface area contributed by atoms with Crippen LogP contribution >= 0.6 is 12.4 Å². The predicted octanol–water partition coefficient (Wildman–Crippen LogP) is 2.34. The van der Waals surface area contributed by atoms with Crippen LogP contribution in [0.15, 0.2) is 42.5 Å². The number of hydrogen-bond donors (Lipinski definition) is 2. The average molecular weight is 327 g/mol. The van der Waals surface area contributed by atoms with Gasteiger partial charge in [0.25, 0.3) is 0 Å². The largest absolute Gasteiger partial charge is 0.329 e. The summed E-state index contributed by atoms with van der Waals surface area (Å²) in [6.45, 7) is 0.254. The summed E-state index contributed by atoms with van der Waals surface area (Å²) in [5, 5.41) is 2.00. The molecular weight excluding hydrogens is 308 g/mol. The van der Waals surface area contributed by atoms with E-state index >= 15 is 0 Å². The zero-order valence-electron chi connectivity index (χ0n) is 11.5. The Hall–Kier alpha value is -1.14. The van der Waals surface area contributed by atoms with E-state index in [4.69, 9.17) is 5.73 Å². The number of sulfonamides is 1. The summed E-state index contributed by atoms with van der Waals surface area (Å²) in [5.41, 5.74) is 6.66. The van der Waals surface area contributed by atoms with Crippen molar-refractivity contribution in [1.29, 1.82) is 0 Å². The van der Waals surface area contributed by atoms with Crippen LogP contribution in [0.5, 0.6) is 0 Å². The lowest BCUT2D eigenvalue weighted by molar-refractivity contribution is 0.557. The Labute approximate surface area is 131 Å². The van der Waals surface area contributed by atoms with Crippen LogP contribution in [0.2, 0.25) is 0 Å². The molecule has 1 unspecified atom stereocenters. The van der Waals surface area contributed by atoms with Gasteiger partial charge in [-0.25, -0.2) is 13.1 Å². The van der Waals surface area contributed by atoms with Crippen molar-refractivity contribution in [3.05, 3.63) is 48.0 Å². The number of benzene rings is 2. The monoisotopic (exact) mass is 326 g/mol. The average Bonchev–Trinajstić information content (AvgIpc) is 3.29. The zero-order chi connectivity index (χ0) is 14.2. The van der Waals surface area contributed by atoms with Crippen molar-refractivity contribution in [2.24, 2.45) is 5.73 Å². The van der Waals surface area contributed by atoms with Gasteiger partial charge in [-0.05, 0) is 35.2 Å². The van der Waals surface area contributed by atoms with Crippen molar-refractivity contribution in [2.75, 3.05) is 6.54 Å². The number of rotatable bonds is 5. The van der Waals surface area contributed by atoms with E-state index < -0.39 is 10.0 Å². The van der Waals surface area contributed by atoms with Crippen LogP contribution in [-0.4, -0.2) is 20.2 Å². The van der Waals surface area contributed by atoms with E-state index in [0.29, 0.717) is 0 Å². The molecule has 0 amide bonds. The Morgan fingerprint density at radius 2 is 1.81 bits per heavy atom. The quantitative estimate of drug-likeness (QED) is 0.885. The Balaban J connectivity index is 0.00000161. The highest BCUT2D eigenvalue weighted by Gasteiger charge is 2.36. The normalized spacial score (nSPS) is 16.4. The molecule has 0 radical (unpaired) electrons. The molecule has 4 nitrogen and oxygen atoms in total. The molecule has 1 atom stereocenters. The highest BCUT2D eigenvalue weighted by Crippen LogP contribution is 2.29. The SMILES string of the molecule is Cl.NCC(NS(=O)(=O)C1CC1)c1ccc2ccccc2c1. The number of nitrogens with one attached hydrogen (secondary N) is 1. The molecule has 1 fully saturated rings. The molecule has 0 bridgehead atoms. The summed E-state index contributed by atoms with van der Waals surface area (Å²) >= 11 is 0. The fourth-order valence-electron chi connectivity index (χ4n) is 2.35. The second kappa shape index (κ2) is 6.32. The van der Waals surface area contributed by atoms with Crippen LogP contribution < -0.4 is 10.5 Å². The van der Waals surface area contributed by atoms with E-state index in [1.54, 1.807) is 0 Å². The van der Waals surface area contributed by atoms with Crippen LogP contribution in [0.25, 0.3) is 10.8 Å². The van der Waals surface area contributed by atoms with Gasteiger partial charge in [-0.1, -0.05) is 36.4 Å². The number of halogens is 1. The molecule has 3 N–H and O–H groups in total. The molecule has 2 aromatic carbocycles. The van der Waals surface area contributed by atoms with E-state index in [2.05, 4.69) is 4.72 Å². The lowest BCUT2D eigenvalue weighted by Crippen LogP contribution is -2.35. The van der Waals surface area contributed by atoms with E-state index in [0.717, 1.165) is 29.2 Å². The summed E-state index contributed by atoms with van der Waals surface area (Å²) in [7, 11) is -3.23. The first-order valence-corrected chi connectivity index (χ1v) is 8.35. The smallest absolute Gasteiger partial charge is 0.215 e. The van der Waals surface area contributed by atoms with E-state index in [1.165, 1.54) is 0 Å². The van der Waals surface area contributed by atoms with Crippen LogP contribution in [0, 0.1) is 0 Å². The minimum atomic E-state index is -3.23. The highest BCUT2D eigenvalue weighted by molar-refractivity contribution is 7.90. The van der Waals surface area contributed by atoms with Gasteiger partial charge in [0, 0.05) is 6.54 Å². The molecule has 3 rings (SSSR count). The minimum Gasteiger partial charge on any atom is -0.329 e. The molecule has 0 saturated heterocycles. The van der Waals surface area contributed by atoms with Gasteiger partial charge in [0.15, 0.2) is 0 Å². The summed E-state index contributed by atoms with van der Waals surface area (Å²) in [6, 6.07) is 13.6. The number of nitrogens with two attached hydrogens (primary N) is 1. The van der Waals surface area contributed by atoms with Crippen molar-refractivity contribution in [1.82, 2.24) is 4.72 Å². The maximum atomic E-state index is 12.0. The molecule has 0 aliphatic heterocycles. The molecule has 0 heterocycles. The van der Waals surface area contributed by atoms with Crippen LogP contribution in [-0.2, 0) is 10.0 Å². The Morgan fingerprint density at radius 1 is 1.14 bits per heavy atom. The van der Waals surface area contributed by atoms with Crippen LogP contribution in [0.3, 0.4) is 0 Å². The summed E-state index contributed by atoms with van der Waals surface area (Å²) in [6.07, 6.45) is 1.51. The lowest BCUT2D eigenvalue weighted by Gasteiger charge is -2.17. The van der Waals surface area contributed by atoms with Gasteiger partial charge < -0.3 is 5.73 Å². The Morgan fingerprint density at radius 3 is 2.43 bits per heavy atom. The maximum Gasteiger partial charge on any atom is 0.215 e. The third kappa shape index (κ3) is 3.55. The lowest BCUT2D eigenvalue weighted by atomic mass is 10.0. The van der Waals surface area contributed by atoms with Gasteiger partial charge in [0.2, 0.25) is 10.0 Å². The van der Waals surface area contributed by atoms with E-state index in [1.807, 2.05) is 42.5 Å². The molecule has 6 heteroatoms. The second-order valence-electron chi connectivity index (χ2n) is 5.26. The first-order chi connectivity index (χ1) is 9.60. The van der Waals surface area contributed by atoms with Gasteiger partial charge in [0.1, 0.15) is 0 Å². The highest BCUT2D eigenvalue weighted by atomic mass is 35.5. The minimum absolute atomic E-state index is 0. The van der Waals surface area contributed by atoms with Gasteiger partial charge in [-0.2, -0.15) is 0 Å². The summed E-state index contributed by atoms with van der Waals surface area (Å²) < 4.78 is 26.8. The zero-order valence-corrected chi connectivity index (χ0v) is 13.2. The molecule has 1 aliphatic carbocycles. The summed E-state index contributed by atoms with van der Waals surface area (Å²) in [5.74, 6) is 0. The van der Waals surface area contributed by atoms with Crippen molar-refractivity contribution in [3.63, 3.8) is 0 Å². The molecule has 1 saturated carbocycles. The van der Waals surface area contributed by atoms with Crippen LogP contribution in [0.4, 0.5) is 0 Å². The van der Waals surface area contributed by atoms with Crippen molar-refractivity contribution in [3.8, 4) is 0 Å².